The zero-order valence-electron chi connectivity index (χ0n) is 15.8. The van der Waals surface area contributed by atoms with Gasteiger partial charge in [-0.2, -0.15) is 0 Å². The monoisotopic (exact) mass is 367 g/mol. The molecule has 0 saturated carbocycles. The first-order valence-corrected chi connectivity index (χ1v) is 10.5. The maximum Gasteiger partial charge on any atom is 0.109 e. The van der Waals surface area contributed by atoms with Gasteiger partial charge < -0.3 is 0 Å². The molecule has 0 aliphatic carbocycles. The molecular formula is C22H25NS2. The van der Waals surface area contributed by atoms with E-state index in [2.05, 4.69) is 87.2 Å². The van der Waals surface area contributed by atoms with Crippen molar-refractivity contribution in [1.29, 1.82) is 0 Å². The molecule has 0 aliphatic rings. The third-order valence-corrected chi connectivity index (χ3v) is 6.65. The van der Waals surface area contributed by atoms with Crippen molar-refractivity contribution in [2.24, 2.45) is 0 Å². The number of nitrogens with zero attached hydrogens (tertiary/aromatic N) is 1. The number of hydrogen-bond acceptors (Lipinski definition) is 2. The smallest absolute Gasteiger partial charge is 0.109 e. The minimum atomic E-state index is 0.0788. The van der Waals surface area contributed by atoms with Crippen LogP contribution in [0.25, 0.3) is 26.1 Å². The molecule has 0 spiro atoms. The normalized spacial score (nSPS) is 13.2. The number of benzene rings is 1. The minimum Gasteiger partial charge on any atom is -0.300 e. The van der Waals surface area contributed by atoms with Crippen LogP contribution in [-0.4, -0.2) is 4.57 Å². The fourth-order valence-corrected chi connectivity index (χ4v) is 5.72. The average molecular weight is 368 g/mol. The Morgan fingerprint density at radius 1 is 0.800 bits per heavy atom. The summed E-state index contributed by atoms with van der Waals surface area (Å²) in [7, 11) is 0. The molecule has 0 N–H and O–H groups in total. The van der Waals surface area contributed by atoms with Gasteiger partial charge in [-0.3, -0.25) is 4.57 Å². The van der Waals surface area contributed by atoms with Crippen LogP contribution in [0.1, 0.15) is 52.7 Å². The molecule has 0 unspecified atom stereocenters. The Balaban J connectivity index is 2.16. The largest absolute Gasteiger partial charge is 0.300 e. The molecule has 25 heavy (non-hydrogen) atoms. The van der Waals surface area contributed by atoms with Crippen molar-refractivity contribution in [3.05, 3.63) is 52.2 Å². The van der Waals surface area contributed by atoms with Crippen LogP contribution in [0.3, 0.4) is 0 Å². The molecule has 0 bridgehead atoms. The van der Waals surface area contributed by atoms with Gasteiger partial charge in [-0.15, -0.1) is 22.7 Å². The Bertz CT molecular complexity index is 1010. The summed E-state index contributed by atoms with van der Waals surface area (Å²) < 4.78 is 3.89. The van der Waals surface area contributed by atoms with Crippen molar-refractivity contribution >= 4 is 43.1 Å². The maximum atomic E-state index is 2.49. The lowest BCUT2D eigenvalue weighted by molar-refractivity contribution is 0.528. The average Bonchev–Trinajstić information content (AvgIpc) is 3.17. The molecule has 0 fully saturated rings. The van der Waals surface area contributed by atoms with Gasteiger partial charge in [0.25, 0.3) is 0 Å². The van der Waals surface area contributed by atoms with E-state index in [4.69, 9.17) is 0 Å². The minimum absolute atomic E-state index is 0.0788. The first-order valence-electron chi connectivity index (χ1n) is 8.79. The van der Waals surface area contributed by atoms with Crippen molar-refractivity contribution < 1.29 is 0 Å². The van der Waals surface area contributed by atoms with Crippen LogP contribution in [0.4, 0.5) is 0 Å². The highest BCUT2D eigenvalue weighted by atomic mass is 32.1. The topological polar surface area (TPSA) is 4.93 Å². The third kappa shape index (κ3) is 2.56. The summed E-state index contributed by atoms with van der Waals surface area (Å²) in [6.07, 6.45) is 0. The highest BCUT2D eigenvalue weighted by Crippen LogP contribution is 2.43. The number of aromatic nitrogens is 1. The van der Waals surface area contributed by atoms with Crippen molar-refractivity contribution in [3.63, 3.8) is 0 Å². The van der Waals surface area contributed by atoms with E-state index in [9.17, 15) is 0 Å². The molecule has 3 aromatic heterocycles. The molecule has 0 amide bonds. The predicted molar refractivity (Wildman–Crippen MR) is 114 cm³/mol. The molecule has 0 radical (unpaired) electrons. The maximum absolute atomic E-state index is 2.49. The lowest BCUT2D eigenvalue weighted by Crippen LogP contribution is -2.24. The van der Waals surface area contributed by atoms with E-state index in [1.165, 1.54) is 37.2 Å². The van der Waals surface area contributed by atoms with Crippen LogP contribution in [0.2, 0.25) is 0 Å². The Kier molecular flexibility index (Phi) is 3.68. The first kappa shape index (κ1) is 16.9. The molecule has 0 aliphatic heterocycles. The summed E-state index contributed by atoms with van der Waals surface area (Å²) >= 11 is 3.69. The lowest BCUT2D eigenvalue weighted by Gasteiger charge is -2.32. The van der Waals surface area contributed by atoms with Gasteiger partial charge in [0.05, 0.1) is 15.9 Å². The quantitative estimate of drug-likeness (QED) is 0.328. The number of thiophene rings is 2. The standard InChI is InChI=1S/C22H25NS2/c1-21(2,3)15-8-7-9-16(18(15)22(4,5)6)23-17-11-13-24-19(17)14-10-12-25-20(14)23/h7-13H,1-6H3. The second-order valence-electron chi connectivity index (χ2n) is 8.81. The van der Waals surface area contributed by atoms with Crippen LogP contribution in [-0.2, 0) is 10.8 Å². The van der Waals surface area contributed by atoms with E-state index in [1.807, 2.05) is 22.7 Å². The number of fused-ring (bicyclic) bond motifs is 3. The van der Waals surface area contributed by atoms with Crippen LogP contribution in [0.15, 0.2) is 41.1 Å². The second-order valence-corrected chi connectivity index (χ2v) is 10.6. The molecule has 1 nitrogen and oxygen atoms in total. The van der Waals surface area contributed by atoms with E-state index in [0.29, 0.717) is 0 Å². The van der Waals surface area contributed by atoms with Gasteiger partial charge in [-0.25, -0.2) is 0 Å². The molecule has 0 saturated heterocycles. The van der Waals surface area contributed by atoms with Crippen molar-refractivity contribution in [2.75, 3.05) is 0 Å². The Morgan fingerprint density at radius 3 is 2.20 bits per heavy atom. The first-order chi connectivity index (χ1) is 11.7. The molecule has 3 heterocycles. The van der Waals surface area contributed by atoms with Crippen molar-refractivity contribution in [1.82, 2.24) is 4.57 Å². The molecule has 130 valence electrons. The van der Waals surface area contributed by atoms with Gasteiger partial charge in [-0.1, -0.05) is 53.7 Å². The van der Waals surface area contributed by atoms with Gasteiger partial charge in [0.1, 0.15) is 4.83 Å². The van der Waals surface area contributed by atoms with E-state index in [1.54, 1.807) is 0 Å². The molecule has 0 atom stereocenters. The third-order valence-electron chi connectivity index (χ3n) is 4.82. The fourth-order valence-electron chi connectivity index (χ4n) is 3.82. The number of hydrogen-bond donors (Lipinski definition) is 0. The van der Waals surface area contributed by atoms with Crippen molar-refractivity contribution in [2.45, 2.75) is 52.4 Å². The van der Waals surface area contributed by atoms with Gasteiger partial charge in [0.15, 0.2) is 0 Å². The van der Waals surface area contributed by atoms with Gasteiger partial charge in [0, 0.05) is 5.39 Å². The highest BCUT2D eigenvalue weighted by Gasteiger charge is 2.29. The number of rotatable bonds is 1. The summed E-state index contributed by atoms with van der Waals surface area (Å²) in [6.45, 7) is 14.0. The van der Waals surface area contributed by atoms with Crippen LogP contribution >= 0.6 is 22.7 Å². The van der Waals surface area contributed by atoms with Crippen LogP contribution in [0.5, 0.6) is 0 Å². The Hall–Kier alpha value is -1.58. The van der Waals surface area contributed by atoms with Crippen LogP contribution in [0, 0.1) is 0 Å². The van der Waals surface area contributed by atoms with Crippen molar-refractivity contribution in [3.8, 4) is 5.69 Å². The molecular weight excluding hydrogens is 342 g/mol. The van der Waals surface area contributed by atoms with Gasteiger partial charge in [0.2, 0.25) is 0 Å². The molecule has 3 heteroatoms. The van der Waals surface area contributed by atoms with E-state index in [0.717, 1.165) is 0 Å². The van der Waals surface area contributed by atoms with E-state index >= 15 is 0 Å². The highest BCUT2D eigenvalue weighted by molar-refractivity contribution is 7.21. The second kappa shape index (κ2) is 5.46. The fraction of sp³-hybridized carbons (Fsp3) is 0.364. The SMILES string of the molecule is CC(C)(C)c1cccc(-n2c3ccsc3c3ccsc32)c1C(C)(C)C. The molecule has 1 aromatic carbocycles. The Morgan fingerprint density at radius 2 is 1.52 bits per heavy atom. The zero-order valence-corrected chi connectivity index (χ0v) is 17.4. The lowest BCUT2D eigenvalue weighted by atomic mass is 9.74. The summed E-state index contributed by atoms with van der Waals surface area (Å²) in [5.41, 5.74) is 5.77. The molecule has 4 aromatic rings. The van der Waals surface area contributed by atoms with E-state index < -0.39 is 0 Å². The summed E-state index contributed by atoms with van der Waals surface area (Å²) in [6, 6.07) is 11.4. The predicted octanol–water partition coefficient (Wildman–Crippen LogP) is 7.50. The van der Waals surface area contributed by atoms with Crippen LogP contribution < -0.4 is 0 Å². The molecule has 4 rings (SSSR count). The Labute approximate surface area is 157 Å². The zero-order chi connectivity index (χ0) is 18.0. The van der Waals surface area contributed by atoms with E-state index in [-0.39, 0.29) is 10.8 Å². The summed E-state index contributed by atoms with van der Waals surface area (Å²) in [5.74, 6) is 0. The van der Waals surface area contributed by atoms with Gasteiger partial charge in [-0.05, 0) is 50.9 Å². The van der Waals surface area contributed by atoms with Gasteiger partial charge >= 0.3 is 0 Å². The summed E-state index contributed by atoms with van der Waals surface area (Å²) in [5, 5.41) is 5.81. The summed E-state index contributed by atoms with van der Waals surface area (Å²) in [4.78, 5) is 1.36.